The molecule has 1 amide bonds. The standard InChI is InChI=1S/C24H19F3N6O2S/c1-35-21-12-10-19(11-13-21)33-23(29-30-31-33)36-16-22(34)32(28-15-17-6-3-2-4-7-17)20-9-5-8-18(14-20)24(25,26)27/h2-15H,16H2,1H3. The molecule has 0 saturated heterocycles. The van der Waals surface area contributed by atoms with Crippen molar-refractivity contribution in [3.63, 3.8) is 0 Å². The molecule has 0 aliphatic carbocycles. The van der Waals surface area contributed by atoms with Crippen LogP contribution in [-0.4, -0.2) is 45.2 Å². The molecule has 0 fully saturated rings. The number of alkyl halides is 3. The first-order chi connectivity index (χ1) is 17.3. The van der Waals surface area contributed by atoms with Crippen molar-refractivity contribution in [1.82, 2.24) is 20.2 Å². The second-order valence-corrected chi connectivity index (χ2v) is 8.21. The van der Waals surface area contributed by atoms with Crippen LogP contribution in [0.15, 0.2) is 89.1 Å². The van der Waals surface area contributed by atoms with Gasteiger partial charge in [0.25, 0.3) is 5.91 Å². The lowest BCUT2D eigenvalue weighted by atomic mass is 10.2. The van der Waals surface area contributed by atoms with E-state index >= 15 is 0 Å². The summed E-state index contributed by atoms with van der Waals surface area (Å²) < 4.78 is 46.5. The number of carbonyl (C=O) groups excluding carboxylic acids is 1. The van der Waals surface area contributed by atoms with Gasteiger partial charge in [-0.1, -0.05) is 48.2 Å². The van der Waals surface area contributed by atoms with Gasteiger partial charge in [-0.15, -0.1) is 5.10 Å². The number of aromatic nitrogens is 4. The summed E-state index contributed by atoms with van der Waals surface area (Å²) in [6, 6.07) is 20.3. The van der Waals surface area contributed by atoms with E-state index in [2.05, 4.69) is 20.6 Å². The van der Waals surface area contributed by atoms with Crippen LogP contribution in [0.4, 0.5) is 18.9 Å². The van der Waals surface area contributed by atoms with E-state index in [1.165, 1.54) is 23.0 Å². The molecule has 4 rings (SSSR count). The molecule has 0 spiro atoms. The summed E-state index contributed by atoms with van der Waals surface area (Å²) >= 11 is 1.03. The first-order valence-electron chi connectivity index (χ1n) is 10.5. The van der Waals surface area contributed by atoms with Crippen molar-refractivity contribution in [1.29, 1.82) is 0 Å². The Balaban J connectivity index is 1.57. The maximum atomic E-state index is 13.3. The number of hydrogen-bond acceptors (Lipinski definition) is 7. The fraction of sp³-hybridized carbons (Fsp3) is 0.125. The van der Waals surface area contributed by atoms with Crippen LogP contribution in [0.2, 0.25) is 0 Å². The van der Waals surface area contributed by atoms with Crippen LogP contribution in [0.5, 0.6) is 5.75 Å². The zero-order valence-electron chi connectivity index (χ0n) is 18.8. The molecule has 12 heteroatoms. The molecule has 4 aromatic rings. The highest BCUT2D eigenvalue weighted by molar-refractivity contribution is 7.99. The number of benzene rings is 3. The quantitative estimate of drug-likeness (QED) is 0.191. The van der Waals surface area contributed by atoms with Crippen molar-refractivity contribution in [3.05, 3.63) is 90.0 Å². The highest BCUT2D eigenvalue weighted by Crippen LogP contribution is 2.32. The molecule has 0 unspecified atom stereocenters. The lowest BCUT2D eigenvalue weighted by molar-refractivity contribution is -0.137. The summed E-state index contributed by atoms with van der Waals surface area (Å²) in [6.07, 6.45) is -3.16. The lowest BCUT2D eigenvalue weighted by Gasteiger charge is -2.18. The zero-order chi connectivity index (χ0) is 25.5. The highest BCUT2D eigenvalue weighted by Gasteiger charge is 2.31. The number of tetrazole rings is 1. The summed E-state index contributed by atoms with van der Waals surface area (Å²) in [7, 11) is 1.55. The Morgan fingerprint density at radius 2 is 1.83 bits per heavy atom. The SMILES string of the molecule is COc1ccc(-n2nnnc2SCC(=O)N(N=Cc2ccccc2)c2cccc(C(F)(F)F)c2)cc1. The lowest BCUT2D eigenvalue weighted by Crippen LogP contribution is -2.28. The van der Waals surface area contributed by atoms with Crippen LogP contribution in [0.3, 0.4) is 0 Å². The average Bonchev–Trinajstić information content (AvgIpc) is 3.36. The van der Waals surface area contributed by atoms with Crippen LogP contribution in [0, 0.1) is 0 Å². The second-order valence-electron chi connectivity index (χ2n) is 7.27. The van der Waals surface area contributed by atoms with E-state index in [1.54, 1.807) is 55.6 Å². The van der Waals surface area contributed by atoms with Crippen LogP contribution < -0.4 is 9.75 Å². The Bertz CT molecular complexity index is 1340. The van der Waals surface area contributed by atoms with E-state index in [-0.39, 0.29) is 11.4 Å². The minimum absolute atomic E-state index is 0.0163. The Morgan fingerprint density at radius 3 is 2.53 bits per heavy atom. The molecule has 184 valence electrons. The molecule has 1 aromatic heterocycles. The predicted octanol–water partition coefficient (Wildman–Crippen LogP) is 4.85. The number of rotatable bonds is 8. The van der Waals surface area contributed by atoms with Crippen molar-refractivity contribution >= 4 is 29.6 Å². The summed E-state index contributed by atoms with van der Waals surface area (Å²) in [4.78, 5) is 13.2. The van der Waals surface area contributed by atoms with Gasteiger partial charge in [0.15, 0.2) is 0 Å². The molecule has 0 radical (unpaired) electrons. The normalized spacial score (nSPS) is 11.6. The van der Waals surface area contributed by atoms with Gasteiger partial charge in [0, 0.05) is 0 Å². The third-order valence-corrected chi connectivity index (χ3v) is 5.76. The van der Waals surface area contributed by atoms with Gasteiger partial charge in [0.1, 0.15) is 5.75 Å². The predicted molar refractivity (Wildman–Crippen MR) is 129 cm³/mol. The van der Waals surface area contributed by atoms with Crippen LogP contribution in [-0.2, 0) is 11.0 Å². The highest BCUT2D eigenvalue weighted by atomic mass is 32.2. The molecule has 0 N–H and O–H groups in total. The number of nitrogens with zero attached hydrogens (tertiary/aromatic N) is 6. The van der Waals surface area contributed by atoms with E-state index in [9.17, 15) is 18.0 Å². The largest absolute Gasteiger partial charge is 0.497 e. The van der Waals surface area contributed by atoms with Gasteiger partial charge < -0.3 is 4.74 Å². The third-order valence-electron chi connectivity index (χ3n) is 4.86. The molecule has 0 atom stereocenters. The van der Waals surface area contributed by atoms with Crippen molar-refractivity contribution in [2.45, 2.75) is 11.3 Å². The monoisotopic (exact) mass is 512 g/mol. The molecule has 36 heavy (non-hydrogen) atoms. The minimum atomic E-state index is -4.57. The number of amides is 1. The molecule has 0 bridgehead atoms. The fourth-order valence-corrected chi connectivity index (χ4v) is 3.83. The van der Waals surface area contributed by atoms with Crippen molar-refractivity contribution in [2.75, 3.05) is 17.9 Å². The number of halogens is 3. The molecule has 1 heterocycles. The minimum Gasteiger partial charge on any atom is -0.497 e. The Labute approximate surface area is 208 Å². The third kappa shape index (κ3) is 6.08. The average molecular weight is 513 g/mol. The molecular weight excluding hydrogens is 493 g/mol. The molecular formula is C24H19F3N6O2S. The van der Waals surface area contributed by atoms with E-state index in [0.29, 0.717) is 22.2 Å². The summed E-state index contributed by atoms with van der Waals surface area (Å²) in [6.45, 7) is 0. The fourth-order valence-electron chi connectivity index (χ4n) is 3.09. The number of anilines is 1. The van der Waals surface area contributed by atoms with Crippen LogP contribution in [0.25, 0.3) is 5.69 Å². The van der Waals surface area contributed by atoms with E-state index in [1.807, 2.05) is 6.07 Å². The molecule has 3 aromatic carbocycles. The van der Waals surface area contributed by atoms with Crippen molar-refractivity contribution < 1.29 is 22.7 Å². The molecule has 0 aliphatic rings. The molecule has 0 aliphatic heterocycles. The number of thioether (sulfide) groups is 1. The summed E-state index contributed by atoms with van der Waals surface area (Å²) in [5, 5.41) is 17.0. The summed E-state index contributed by atoms with van der Waals surface area (Å²) in [5.41, 5.74) is 0.423. The van der Waals surface area contributed by atoms with E-state index < -0.39 is 17.6 Å². The molecule has 8 nitrogen and oxygen atoms in total. The van der Waals surface area contributed by atoms with E-state index in [0.717, 1.165) is 28.9 Å². The van der Waals surface area contributed by atoms with E-state index in [4.69, 9.17) is 4.74 Å². The molecule has 0 saturated carbocycles. The van der Waals surface area contributed by atoms with Gasteiger partial charge in [0.05, 0.1) is 36.0 Å². The van der Waals surface area contributed by atoms with Gasteiger partial charge in [0.2, 0.25) is 5.16 Å². The van der Waals surface area contributed by atoms with Gasteiger partial charge >= 0.3 is 6.18 Å². The number of hydrogen-bond donors (Lipinski definition) is 0. The number of carbonyl (C=O) groups is 1. The van der Waals surface area contributed by atoms with Gasteiger partial charge in [-0.05, 0) is 58.5 Å². The topological polar surface area (TPSA) is 85.5 Å². The number of hydrazone groups is 1. The first-order valence-corrected chi connectivity index (χ1v) is 11.5. The van der Waals surface area contributed by atoms with Crippen molar-refractivity contribution in [3.8, 4) is 11.4 Å². The first kappa shape index (κ1) is 24.9. The number of methoxy groups -OCH3 is 1. The van der Waals surface area contributed by atoms with Gasteiger partial charge in [-0.25, -0.2) is 5.01 Å². The maximum Gasteiger partial charge on any atom is 0.416 e. The van der Waals surface area contributed by atoms with Crippen LogP contribution in [0.1, 0.15) is 11.1 Å². The Kier molecular flexibility index (Phi) is 7.64. The Hall–Kier alpha value is -4.19. The summed E-state index contributed by atoms with van der Waals surface area (Å²) in [5.74, 6) is -0.0844. The second kappa shape index (κ2) is 11.0. The smallest absolute Gasteiger partial charge is 0.416 e. The van der Waals surface area contributed by atoms with Gasteiger partial charge in [-0.2, -0.15) is 23.0 Å². The zero-order valence-corrected chi connectivity index (χ0v) is 19.6. The van der Waals surface area contributed by atoms with Crippen molar-refractivity contribution in [2.24, 2.45) is 5.10 Å². The van der Waals surface area contributed by atoms with Crippen LogP contribution >= 0.6 is 11.8 Å². The van der Waals surface area contributed by atoms with Gasteiger partial charge in [-0.3, -0.25) is 4.79 Å². The number of ether oxygens (including phenoxy) is 1. The Morgan fingerprint density at radius 1 is 1.08 bits per heavy atom. The maximum absolute atomic E-state index is 13.3.